The quantitative estimate of drug-likeness (QED) is 0.328. The van der Waals surface area contributed by atoms with Crippen molar-refractivity contribution in [3.63, 3.8) is 0 Å². The standard InChI is InChI=1S/C17H18N2O6/c1-10-4-5-13(8-15(10)19(22)23)16(20)9-24-17(21)7-6-14-11(2)18-25-12(14)3/h4-5,8H,6-7,9H2,1-3H3. The van der Waals surface area contributed by atoms with Crippen LogP contribution < -0.4 is 0 Å². The van der Waals surface area contributed by atoms with E-state index in [1.165, 1.54) is 18.2 Å². The van der Waals surface area contributed by atoms with Crippen LogP contribution in [0.25, 0.3) is 0 Å². The minimum Gasteiger partial charge on any atom is -0.457 e. The molecule has 0 aliphatic carbocycles. The molecule has 25 heavy (non-hydrogen) atoms. The van der Waals surface area contributed by atoms with Crippen molar-refractivity contribution < 1.29 is 23.8 Å². The van der Waals surface area contributed by atoms with Gasteiger partial charge in [-0.1, -0.05) is 17.3 Å². The summed E-state index contributed by atoms with van der Waals surface area (Å²) in [4.78, 5) is 34.2. The van der Waals surface area contributed by atoms with E-state index in [4.69, 9.17) is 9.26 Å². The highest BCUT2D eigenvalue weighted by molar-refractivity contribution is 5.98. The molecule has 0 atom stereocenters. The maximum Gasteiger partial charge on any atom is 0.306 e. The molecular weight excluding hydrogens is 328 g/mol. The Morgan fingerprint density at radius 3 is 2.60 bits per heavy atom. The van der Waals surface area contributed by atoms with Crippen molar-refractivity contribution in [2.24, 2.45) is 0 Å². The molecule has 2 aromatic rings. The first-order valence-electron chi connectivity index (χ1n) is 7.65. The number of hydrogen-bond donors (Lipinski definition) is 0. The maximum absolute atomic E-state index is 12.1. The molecule has 0 unspecified atom stereocenters. The fourth-order valence-corrected chi connectivity index (χ4v) is 2.37. The number of ketones is 1. The van der Waals surface area contributed by atoms with Gasteiger partial charge in [-0.3, -0.25) is 19.7 Å². The average molecular weight is 346 g/mol. The van der Waals surface area contributed by atoms with Crippen molar-refractivity contribution in [1.82, 2.24) is 5.16 Å². The molecule has 2 rings (SSSR count). The molecule has 0 aliphatic heterocycles. The van der Waals surface area contributed by atoms with E-state index in [0.717, 1.165) is 5.56 Å². The SMILES string of the molecule is Cc1ccc(C(=O)COC(=O)CCc2c(C)noc2C)cc1[N+](=O)[O-]. The molecule has 0 saturated carbocycles. The van der Waals surface area contributed by atoms with Gasteiger partial charge >= 0.3 is 5.97 Å². The lowest BCUT2D eigenvalue weighted by atomic mass is 10.1. The number of nitro benzene ring substituents is 1. The number of nitrogens with zero attached hydrogens (tertiary/aromatic N) is 2. The van der Waals surface area contributed by atoms with Crippen molar-refractivity contribution in [3.05, 3.63) is 56.5 Å². The second-order valence-corrected chi connectivity index (χ2v) is 5.64. The van der Waals surface area contributed by atoms with E-state index in [1.54, 1.807) is 20.8 Å². The van der Waals surface area contributed by atoms with Crippen molar-refractivity contribution in [3.8, 4) is 0 Å². The fraction of sp³-hybridized carbons (Fsp3) is 0.353. The molecule has 0 bridgehead atoms. The lowest BCUT2D eigenvalue weighted by Crippen LogP contribution is -2.15. The highest BCUT2D eigenvalue weighted by atomic mass is 16.6. The van der Waals surface area contributed by atoms with E-state index in [9.17, 15) is 19.7 Å². The molecule has 0 fully saturated rings. The van der Waals surface area contributed by atoms with E-state index in [0.29, 0.717) is 23.4 Å². The predicted octanol–water partition coefficient (Wildman–Crippen LogP) is 2.87. The number of carbonyl (C=O) groups excluding carboxylic acids is 2. The summed E-state index contributed by atoms with van der Waals surface area (Å²) >= 11 is 0. The summed E-state index contributed by atoms with van der Waals surface area (Å²) in [5.74, 6) is -0.378. The third kappa shape index (κ3) is 4.50. The summed E-state index contributed by atoms with van der Waals surface area (Å²) in [5.41, 5.74) is 2.01. The summed E-state index contributed by atoms with van der Waals surface area (Å²) in [6.45, 7) is 4.67. The second kappa shape index (κ2) is 7.69. The number of carbonyl (C=O) groups is 2. The zero-order valence-electron chi connectivity index (χ0n) is 14.2. The Balaban J connectivity index is 1.90. The van der Waals surface area contributed by atoms with Crippen LogP contribution in [0.2, 0.25) is 0 Å². The van der Waals surface area contributed by atoms with Crippen LogP contribution >= 0.6 is 0 Å². The number of hydrogen-bond acceptors (Lipinski definition) is 7. The van der Waals surface area contributed by atoms with Gasteiger partial charge < -0.3 is 9.26 Å². The summed E-state index contributed by atoms with van der Waals surface area (Å²) in [6, 6.07) is 4.16. The number of benzene rings is 1. The van der Waals surface area contributed by atoms with Gasteiger partial charge in [0.05, 0.1) is 10.6 Å². The van der Waals surface area contributed by atoms with Crippen LogP contribution in [0.15, 0.2) is 22.7 Å². The largest absolute Gasteiger partial charge is 0.457 e. The molecular formula is C17H18N2O6. The fourth-order valence-electron chi connectivity index (χ4n) is 2.37. The van der Waals surface area contributed by atoms with Gasteiger partial charge in [-0.05, 0) is 27.2 Å². The molecule has 0 N–H and O–H groups in total. The number of aromatic nitrogens is 1. The minimum absolute atomic E-state index is 0.0875. The summed E-state index contributed by atoms with van der Waals surface area (Å²) in [5, 5.41) is 14.7. The van der Waals surface area contributed by atoms with Gasteiger partial charge in [0.25, 0.3) is 5.69 Å². The number of esters is 1. The van der Waals surface area contributed by atoms with Gasteiger partial charge in [0.2, 0.25) is 5.78 Å². The third-order valence-corrected chi connectivity index (χ3v) is 3.85. The molecule has 1 aromatic heterocycles. The summed E-state index contributed by atoms with van der Waals surface area (Å²) < 4.78 is 9.97. The smallest absolute Gasteiger partial charge is 0.306 e. The highest BCUT2D eigenvalue weighted by Crippen LogP contribution is 2.20. The topological polar surface area (TPSA) is 113 Å². The van der Waals surface area contributed by atoms with Crippen LogP contribution in [0.1, 0.15) is 39.4 Å². The minimum atomic E-state index is -0.554. The Bertz CT molecular complexity index is 805. The van der Waals surface area contributed by atoms with Crippen LogP contribution in [0.3, 0.4) is 0 Å². The first-order valence-corrected chi connectivity index (χ1v) is 7.65. The lowest BCUT2D eigenvalue weighted by molar-refractivity contribution is -0.385. The van der Waals surface area contributed by atoms with E-state index >= 15 is 0 Å². The van der Waals surface area contributed by atoms with Crippen LogP contribution in [0, 0.1) is 30.9 Å². The molecule has 0 radical (unpaired) electrons. The van der Waals surface area contributed by atoms with Crippen LogP contribution in [0.5, 0.6) is 0 Å². The molecule has 0 spiro atoms. The molecule has 0 amide bonds. The number of nitro groups is 1. The third-order valence-electron chi connectivity index (χ3n) is 3.85. The number of aryl methyl sites for hydroxylation is 3. The number of rotatable bonds is 7. The van der Waals surface area contributed by atoms with Gasteiger partial charge in [-0.15, -0.1) is 0 Å². The monoisotopic (exact) mass is 346 g/mol. The van der Waals surface area contributed by atoms with Crippen molar-refractivity contribution in [1.29, 1.82) is 0 Å². The van der Waals surface area contributed by atoms with E-state index in [1.807, 2.05) is 0 Å². The van der Waals surface area contributed by atoms with Crippen LogP contribution in [-0.4, -0.2) is 28.4 Å². The Morgan fingerprint density at radius 2 is 2.00 bits per heavy atom. The molecule has 8 heteroatoms. The van der Waals surface area contributed by atoms with Crippen molar-refractivity contribution >= 4 is 17.4 Å². The molecule has 1 aromatic carbocycles. The predicted molar refractivity (Wildman–Crippen MR) is 87.4 cm³/mol. The van der Waals surface area contributed by atoms with Gasteiger partial charge in [0.15, 0.2) is 6.61 Å². The maximum atomic E-state index is 12.1. The van der Waals surface area contributed by atoms with Gasteiger partial charge in [0.1, 0.15) is 5.76 Å². The molecule has 132 valence electrons. The lowest BCUT2D eigenvalue weighted by Gasteiger charge is -2.05. The number of Topliss-reactive ketones (excluding diaryl/α,β-unsaturated/α-hetero) is 1. The molecule has 1 heterocycles. The normalized spacial score (nSPS) is 10.5. The first kappa shape index (κ1) is 18.3. The van der Waals surface area contributed by atoms with Gasteiger partial charge in [0, 0.05) is 29.2 Å². The molecule has 0 saturated heterocycles. The van der Waals surface area contributed by atoms with Gasteiger partial charge in [-0.2, -0.15) is 0 Å². The Kier molecular flexibility index (Phi) is 5.63. The number of ether oxygens (including phenoxy) is 1. The Morgan fingerprint density at radius 1 is 1.28 bits per heavy atom. The summed E-state index contributed by atoms with van der Waals surface area (Å²) in [7, 11) is 0. The summed E-state index contributed by atoms with van der Waals surface area (Å²) in [6.07, 6.45) is 0.494. The first-order chi connectivity index (χ1) is 11.8. The van der Waals surface area contributed by atoms with E-state index in [2.05, 4.69) is 5.16 Å². The molecule has 0 aliphatic rings. The molecule has 8 nitrogen and oxygen atoms in total. The van der Waals surface area contributed by atoms with Crippen molar-refractivity contribution in [2.75, 3.05) is 6.61 Å². The zero-order valence-corrected chi connectivity index (χ0v) is 14.2. The van der Waals surface area contributed by atoms with Crippen molar-refractivity contribution in [2.45, 2.75) is 33.6 Å². The Labute approximate surface area is 143 Å². The highest BCUT2D eigenvalue weighted by Gasteiger charge is 2.17. The van der Waals surface area contributed by atoms with E-state index in [-0.39, 0.29) is 17.7 Å². The van der Waals surface area contributed by atoms with Crippen LogP contribution in [0.4, 0.5) is 5.69 Å². The zero-order chi connectivity index (χ0) is 18.6. The van der Waals surface area contributed by atoms with Gasteiger partial charge in [-0.25, -0.2) is 0 Å². The second-order valence-electron chi connectivity index (χ2n) is 5.64. The average Bonchev–Trinajstić information content (AvgIpc) is 2.89. The van der Waals surface area contributed by atoms with E-state index < -0.39 is 23.3 Å². The Hall–Kier alpha value is -3.03. The van der Waals surface area contributed by atoms with Crippen LogP contribution in [-0.2, 0) is 16.0 Å².